The van der Waals surface area contributed by atoms with Crippen molar-refractivity contribution in [3.8, 4) is 0 Å². The van der Waals surface area contributed by atoms with E-state index in [1.807, 2.05) is 24.1 Å². The molecule has 1 saturated heterocycles. The molecule has 8 nitrogen and oxygen atoms in total. The van der Waals surface area contributed by atoms with Crippen LogP contribution in [0, 0.1) is 6.92 Å². The minimum atomic E-state index is 0.0585. The minimum absolute atomic E-state index is 0.0585. The zero-order valence-corrected chi connectivity index (χ0v) is 14.6. The highest BCUT2D eigenvalue weighted by Crippen LogP contribution is 2.23. The topological polar surface area (TPSA) is 99.2 Å². The summed E-state index contributed by atoms with van der Waals surface area (Å²) < 4.78 is 7.26. The molecule has 0 aromatic carbocycles. The number of rotatable bonds is 6. The second-order valence-electron chi connectivity index (χ2n) is 6.35. The summed E-state index contributed by atoms with van der Waals surface area (Å²) in [6.45, 7) is 3.08. The van der Waals surface area contributed by atoms with Gasteiger partial charge < -0.3 is 15.4 Å². The molecule has 1 fully saturated rings. The highest BCUT2D eigenvalue weighted by atomic mass is 16.5. The number of carbonyl (C=O) groups excluding carboxylic acids is 1. The molecule has 0 aliphatic carbocycles. The van der Waals surface area contributed by atoms with Crippen LogP contribution >= 0.6 is 0 Å². The van der Waals surface area contributed by atoms with Crippen molar-refractivity contribution in [1.29, 1.82) is 0 Å². The summed E-state index contributed by atoms with van der Waals surface area (Å²) in [5, 5.41) is 4.22. The Morgan fingerprint density at radius 3 is 2.96 bits per heavy atom. The molecule has 2 N–H and O–H groups in total. The monoisotopic (exact) mass is 344 g/mol. The largest absolute Gasteiger partial charge is 0.382 e. The fraction of sp³-hybridized carbons (Fsp3) is 0.529. The molecule has 2 aromatic rings. The van der Waals surface area contributed by atoms with Gasteiger partial charge in [-0.2, -0.15) is 5.10 Å². The zero-order chi connectivity index (χ0) is 17.8. The van der Waals surface area contributed by atoms with Crippen molar-refractivity contribution in [1.82, 2.24) is 24.6 Å². The van der Waals surface area contributed by atoms with Crippen molar-refractivity contribution < 1.29 is 9.53 Å². The molecule has 8 heteroatoms. The molecule has 0 radical (unpaired) electrons. The highest BCUT2D eigenvalue weighted by Gasteiger charge is 2.35. The number of hydrogen-bond donors (Lipinski definition) is 1. The van der Waals surface area contributed by atoms with Crippen LogP contribution < -0.4 is 5.73 Å². The third-order valence-corrected chi connectivity index (χ3v) is 4.52. The Morgan fingerprint density at radius 1 is 1.44 bits per heavy atom. The normalized spacial score (nSPS) is 20.2. The Hall–Kier alpha value is -2.48. The van der Waals surface area contributed by atoms with Crippen molar-refractivity contribution >= 4 is 11.7 Å². The first-order valence-electron chi connectivity index (χ1n) is 8.45. The predicted octanol–water partition coefficient (Wildman–Crippen LogP) is 0.812. The SMILES string of the molecule is CO[C@H]1C[C@@H](Cn2ccc(N)n2)N(C(=O)CCc2ccnc(C)n2)C1. The third kappa shape index (κ3) is 4.33. The van der Waals surface area contributed by atoms with Gasteiger partial charge in [0.15, 0.2) is 0 Å². The summed E-state index contributed by atoms with van der Waals surface area (Å²) in [6.07, 6.45) is 5.45. The Labute approximate surface area is 147 Å². The molecule has 1 amide bonds. The van der Waals surface area contributed by atoms with Gasteiger partial charge in [-0.15, -0.1) is 0 Å². The van der Waals surface area contributed by atoms with Crippen molar-refractivity contribution in [3.05, 3.63) is 36.0 Å². The van der Waals surface area contributed by atoms with Gasteiger partial charge in [-0.25, -0.2) is 9.97 Å². The number of carbonyl (C=O) groups is 1. The van der Waals surface area contributed by atoms with Crippen molar-refractivity contribution in [2.75, 3.05) is 19.4 Å². The van der Waals surface area contributed by atoms with Crippen LogP contribution in [0.1, 0.15) is 24.4 Å². The number of methoxy groups -OCH3 is 1. The van der Waals surface area contributed by atoms with Crippen LogP contribution in [0.25, 0.3) is 0 Å². The number of nitrogen functional groups attached to an aromatic ring is 1. The quantitative estimate of drug-likeness (QED) is 0.833. The summed E-state index contributed by atoms with van der Waals surface area (Å²) in [7, 11) is 1.69. The summed E-state index contributed by atoms with van der Waals surface area (Å²) in [6, 6.07) is 3.67. The van der Waals surface area contributed by atoms with E-state index in [1.54, 1.807) is 24.1 Å². The lowest BCUT2D eigenvalue weighted by Gasteiger charge is -2.24. The van der Waals surface area contributed by atoms with E-state index in [0.717, 1.165) is 17.9 Å². The van der Waals surface area contributed by atoms with Crippen LogP contribution in [0.4, 0.5) is 5.82 Å². The lowest BCUT2D eigenvalue weighted by Crippen LogP contribution is -2.38. The smallest absolute Gasteiger partial charge is 0.223 e. The van der Waals surface area contributed by atoms with E-state index in [1.165, 1.54) is 0 Å². The van der Waals surface area contributed by atoms with Crippen molar-refractivity contribution in [2.24, 2.45) is 0 Å². The molecule has 0 unspecified atom stereocenters. The molecule has 25 heavy (non-hydrogen) atoms. The van der Waals surface area contributed by atoms with E-state index >= 15 is 0 Å². The van der Waals surface area contributed by atoms with Crippen LogP contribution in [-0.4, -0.2) is 56.4 Å². The lowest BCUT2D eigenvalue weighted by atomic mass is 10.1. The second-order valence-corrected chi connectivity index (χ2v) is 6.35. The van der Waals surface area contributed by atoms with Crippen molar-refractivity contribution in [3.63, 3.8) is 0 Å². The van der Waals surface area contributed by atoms with Gasteiger partial charge in [0.05, 0.1) is 18.7 Å². The number of aryl methyl sites for hydroxylation is 2. The Kier molecular flexibility index (Phi) is 5.28. The molecule has 0 spiro atoms. The van der Waals surface area contributed by atoms with Gasteiger partial charge in [-0.1, -0.05) is 0 Å². The first-order valence-corrected chi connectivity index (χ1v) is 8.45. The fourth-order valence-corrected chi connectivity index (χ4v) is 3.24. The number of amides is 1. The van der Waals surface area contributed by atoms with Gasteiger partial charge in [-0.05, 0) is 31.9 Å². The maximum atomic E-state index is 12.7. The molecule has 3 rings (SSSR count). The van der Waals surface area contributed by atoms with Gasteiger partial charge in [0.1, 0.15) is 11.6 Å². The summed E-state index contributed by atoms with van der Waals surface area (Å²) in [4.78, 5) is 23.1. The molecule has 134 valence electrons. The van der Waals surface area contributed by atoms with Crippen LogP contribution in [0.15, 0.2) is 24.5 Å². The van der Waals surface area contributed by atoms with Gasteiger partial charge in [-0.3, -0.25) is 9.48 Å². The van der Waals surface area contributed by atoms with Gasteiger partial charge >= 0.3 is 0 Å². The molecule has 2 aromatic heterocycles. The van der Waals surface area contributed by atoms with E-state index in [-0.39, 0.29) is 18.1 Å². The summed E-state index contributed by atoms with van der Waals surface area (Å²) in [5.74, 6) is 1.32. The Bertz CT molecular complexity index is 731. The first-order chi connectivity index (χ1) is 12.0. The van der Waals surface area contributed by atoms with E-state index in [9.17, 15) is 4.79 Å². The Balaban J connectivity index is 1.63. The van der Waals surface area contributed by atoms with Crippen LogP contribution in [-0.2, 0) is 22.5 Å². The van der Waals surface area contributed by atoms with Gasteiger partial charge in [0, 0.05) is 38.2 Å². The third-order valence-electron chi connectivity index (χ3n) is 4.52. The van der Waals surface area contributed by atoms with E-state index in [2.05, 4.69) is 15.1 Å². The van der Waals surface area contributed by atoms with Gasteiger partial charge in [0.25, 0.3) is 0 Å². The number of hydrogen-bond acceptors (Lipinski definition) is 6. The number of nitrogens with zero attached hydrogens (tertiary/aromatic N) is 5. The molecule has 3 heterocycles. The molecule has 0 saturated carbocycles. The molecule has 2 atom stereocenters. The lowest BCUT2D eigenvalue weighted by molar-refractivity contribution is -0.132. The molecule has 1 aliphatic rings. The van der Waals surface area contributed by atoms with E-state index < -0.39 is 0 Å². The summed E-state index contributed by atoms with van der Waals surface area (Å²) in [5.41, 5.74) is 6.56. The van der Waals surface area contributed by atoms with Crippen LogP contribution in [0.5, 0.6) is 0 Å². The molecule has 0 bridgehead atoms. The number of aromatic nitrogens is 4. The highest BCUT2D eigenvalue weighted by molar-refractivity contribution is 5.77. The van der Waals surface area contributed by atoms with E-state index in [0.29, 0.717) is 31.7 Å². The molecule has 1 aliphatic heterocycles. The summed E-state index contributed by atoms with van der Waals surface area (Å²) >= 11 is 0. The van der Waals surface area contributed by atoms with E-state index in [4.69, 9.17) is 10.5 Å². The number of ether oxygens (including phenoxy) is 1. The van der Waals surface area contributed by atoms with Crippen LogP contribution in [0.2, 0.25) is 0 Å². The number of nitrogens with two attached hydrogens (primary N) is 1. The van der Waals surface area contributed by atoms with Crippen LogP contribution in [0.3, 0.4) is 0 Å². The second kappa shape index (κ2) is 7.60. The standard InChI is InChI=1S/C17H24N6O2/c1-12-19-7-5-13(20-12)3-4-17(24)23-11-15(25-2)9-14(23)10-22-8-6-16(18)21-22/h5-8,14-15H,3-4,9-11H2,1-2H3,(H2,18,21)/t14-,15-/m0/s1. The number of likely N-dealkylation sites (tertiary alicyclic amines) is 1. The zero-order valence-electron chi connectivity index (χ0n) is 14.6. The first kappa shape index (κ1) is 17.3. The van der Waals surface area contributed by atoms with Gasteiger partial charge in [0.2, 0.25) is 5.91 Å². The molecular formula is C17H24N6O2. The average Bonchev–Trinajstić information content (AvgIpc) is 3.19. The fourth-order valence-electron chi connectivity index (χ4n) is 3.24. The minimum Gasteiger partial charge on any atom is -0.382 e. The maximum absolute atomic E-state index is 12.7. The van der Waals surface area contributed by atoms with Crippen molar-refractivity contribution in [2.45, 2.75) is 44.9 Å². The average molecular weight is 344 g/mol. The Morgan fingerprint density at radius 2 is 2.28 bits per heavy atom. The molecular weight excluding hydrogens is 320 g/mol. The predicted molar refractivity (Wildman–Crippen MR) is 92.6 cm³/mol. The maximum Gasteiger partial charge on any atom is 0.223 e. The number of anilines is 1.